The van der Waals surface area contributed by atoms with Crippen LogP contribution in [0.1, 0.15) is 38.2 Å². The van der Waals surface area contributed by atoms with E-state index in [1.54, 1.807) is 0 Å². The van der Waals surface area contributed by atoms with Gasteiger partial charge in [-0.2, -0.15) is 0 Å². The second-order valence-electron chi connectivity index (χ2n) is 5.77. The fraction of sp³-hybridized carbons (Fsp3) is 0.750. The van der Waals surface area contributed by atoms with Crippen LogP contribution in [0.5, 0.6) is 0 Å². The largest absolute Gasteiger partial charge is 0.463 e. The van der Waals surface area contributed by atoms with E-state index >= 15 is 0 Å². The molecule has 4 nitrogen and oxygen atoms in total. The van der Waals surface area contributed by atoms with Gasteiger partial charge in [0.25, 0.3) is 0 Å². The van der Waals surface area contributed by atoms with E-state index in [1.165, 1.54) is 25.9 Å². The Morgan fingerprint density at radius 1 is 1.35 bits per heavy atom. The van der Waals surface area contributed by atoms with Crippen molar-refractivity contribution in [3.63, 3.8) is 0 Å². The minimum absolute atomic E-state index is 0.723. The number of hydrogen-bond acceptors (Lipinski definition) is 4. The van der Waals surface area contributed by atoms with Crippen LogP contribution in [0, 0.1) is 0 Å². The third-order valence-corrected chi connectivity index (χ3v) is 4.12. The van der Waals surface area contributed by atoms with E-state index in [4.69, 9.17) is 4.42 Å². The van der Waals surface area contributed by atoms with E-state index in [9.17, 15) is 0 Å². The standard InChI is InChI=1S/C16H29N3O/c1-4-17-11-15-8-9-16(20-15)13-18(3)12-14-7-6-10-19(14)5-2/h8-9,14,17H,4-7,10-13H2,1-3H3. The molecule has 1 aromatic rings. The second kappa shape index (κ2) is 7.81. The predicted octanol–water partition coefficient (Wildman–Crippen LogP) is 2.31. The molecule has 1 saturated heterocycles. The third-order valence-electron chi connectivity index (χ3n) is 4.12. The quantitative estimate of drug-likeness (QED) is 0.791. The molecule has 1 fully saturated rings. The van der Waals surface area contributed by atoms with E-state index in [-0.39, 0.29) is 0 Å². The summed E-state index contributed by atoms with van der Waals surface area (Å²) < 4.78 is 5.86. The molecule has 20 heavy (non-hydrogen) atoms. The van der Waals surface area contributed by atoms with Crippen molar-refractivity contribution in [1.29, 1.82) is 0 Å². The predicted molar refractivity (Wildman–Crippen MR) is 82.7 cm³/mol. The maximum atomic E-state index is 5.86. The van der Waals surface area contributed by atoms with Crippen LogP contribution in [0.15, 0.2) is 16.5 Å². The van der Waals surface area contributed by atoms with Gasteiger partial charge in [-0.3, -0.25) is 9.80 Å². The summed E-state index contributed by atoms with van der Waals surface area (Å²) in [6.07, 6.45) is 2.68. The SMILES string of the molecule is CCNCc1ccc(CN(C)CC2CCCN2CC)o1. The minimum Gasteiger partial charge on any atom is -0.463 e. The summed E-state index contributed by atoms with van der Waals surface area (Å²) in [5, 5.41) is 3.29. The van der Waals surface area contributed by atoms with Gasteiger partial charge in [0.15, 0.2) is 0 Å². The third kappa shape index (κ3) is 4.33. The van der Waals surface area contributed by atoms with Gasteiger partial charge in [-0.25, -0.2) is 0 Å². The van der Waals surface area contributed by atoms with Gasteiger partial charge in [0, 0.05) is 12.6 Å². The van der Waals surface area contributed by atoms with Crippen LogP contribution in [-0.4, -0.2) is 49.1 Å². The van der Waals surface area contributed by atoms with E-state index in [1.807, 2.05) is 0 Å². The molecule has 1 aromatic heterocycles. The number of likely N-dealkylation sites (tertiary alicyclic amines) is 1. The Morgan fingerprint density at radius 2 is 2.15 bits per heavy atom. The minimum atomic E-state index is 0.723. The van der Waals surface area contributed by atoms with Crippen molar-refractivity contribution in [2.45, 2.75) is 45.8 Å². The Labute approximate surface area is 123 Å². The number of likely N-dealkylation sites (N-methyl/N-ethyl adjacent to an activating group) is 2. The lowest BCUT2D eigenvalue weighted by atomic mass is 10.2. The van der Waals surface area contributed by atoms with Crippen molar-refractivity contribution in [2.24, 2.45) is 0 Å². The zero-order chi connectivity index (χ0) is 14.4. The molecule has 1 aliphatic rings. The van der Waals surface area contributed by atoms with Crippen LogP contribution in [0.25, 0.3) is 0 Å². The summed E-state index contributed by atoms with van der Waals surface area (Å²) >= 11 is 0. The molecule has 0 aromatic carbocycles. The molecule has 1 unspecified atom stereocenters. The van der Waals surface area contributed by atoms with Crippen molar-refractivity contribution in [3.8, 4) is 0 Å². The molecule has 1 aliphatic heterocycles. The van der Waals surface area contributed by atoms with Gasteiger partial charge in [0.1, 0.15) is 11.5 Å². The Morgan fingerprint density at radius 3 is 2.90 bits per heavy atom. The molecule has 0 bridgehead atoms. The zero-order valence-corrected chi connectivity index (χ0v) is 13.2. The molecule has 0 amide bonds. The first kappa shape index (κ1) is 15.5. The molecule has 0 radical (unpaired) electrons. The van der Waals surface area contributed by atoms with Crippen LogP contribution < -0.4 is 5.32 Å². The van der Waals surface area contributed by atoms with Gasteiger partial charge >= 0.3 is 0 Å². The number of hydrogen-bond donors (Lipinski definition) is 1. The smallest absolute Gasteiger partial charge is 0.118 e. The first-order valence-electron chi connectivity index (χ1n) is 7.93. The highest BCUT2D eigenvalue weighted by Gasteiger charge is 2.24. The topological polar surface area (TPSA) is 31.6 Å². The fourth-order valence-corrected chi connectivity index (χ4v) is 3.06. The molecule has 114 valence electrons. The summed E-state index contributed by atoms with van der Waals surface area (Å²) in [6.45, 7) is 10.7. The Bertz CT molecular complexity index is 391. The van der Waals surface area contributed by atoms with Crippen LogP contribution >= 0.6 is 0 Å². The molecular weight excluding hydrogens is 250 g/mol. The molecular formula is C16H29N3O. The van der Waals surface area contributed by atoms with Crippen molar-refractivity contribution in [2.75, 3.05) is 33.2 Å². The van der Waals surface area contributed by atoms with Crippen molar-refractivity contribution in [1.82, 2.24) is 15.1 Å². The fourth-order valence-electron chi connectivity index (χ4n) is 3.06. The highest BCUT2D eigenvalue weighted by atomic mass is 16.3. The van der Waals surface area contributed by atoms with Gasteiger partial charge in [0.05, 0.1) is 13.1 Å². The summed E-state index contributed by atoms with van der Waals surface area (Å²) in [5.74, 6) is 2.10. The lowest BCUT2D eigenvalue weighted by Gasteiger charge is -2.27. The lowest BCUT2D eigenvalue weighted by Crippen LogP contribution is -2.38. The van der Waals surface area contributed by atoms with Crippen LogP contribution in [0.2, 0.25) is 0 Å². The molecule has 2 rings (SSSR count). The van der Waals surface area contributed by atoms with E-state index in [0.717, 1.165) is 43.7 Å². The number of nitrogens with one attached hydrogen (secondary N) is 1. The average Bonchev–Trinajstić information content (AvgIpc) is 3.05. The second-order valence-corrected chi connectivity index (χ2v) is 5.77. The van der Waals surface area contributed by atoms with Gasteiger partial charge in [-0.05, 0) is 51.7 Å². The van der Waals surface area contributed by atoms with E-state index in [2.05, 4.69) is 48.1 Å². The van der Waals surface area contributed by atoms with Gasteiger partial charge < -0.3 is 9.73 Å². The first-order chi connectivity index (χ1) is 9.72. The normalized spacial score (nSPS) is 20.1. The van der Waals surface area contributed by atoms with Gasteiger partial charge in [-0.15, -0.1) is 0 Å². The lowest BCUT2D eigenvalue weighted by molar-refractivity contribution is 0.187. The number of nitrogens with zero attached hydrogens (tertiary/aromatic N) is 2. The highest BCUT2D eigenvalue weighted by molar-refractivity contribution is 5.07. The Hall–Kier alpha value is -0.840. The summed E-state index contributed by atoms with van der Waals surface area (Å²) in [5.41, 5.74) is 0. The Balaban J connectivity index is 1.78. The molecule has 4 heteroatoms. The maximum absolute atomic E-state index is 5.86. The van der Waals surface area contributed by atoms with E-state index < -0.39 is 0 Å². The summed E-state index contributed by atoms with van der Waals surface area (Å²) in [6, 6.07) is 4.91. The molecule has 1 atom stereocenters. The average molecular weight is 279 g/mol. The van der Waals surface area contributed by atoms with Crippen molar-refractivity contribution >= 4 is 0 Å². The van der Waals surface area contributed by atoms with Crippen LogP contribution in [0.3, 0.4) is 0 Å². The molecule has 0 saturated carbocycles. The monoisotopic (exact) mass is 279 g/mol. The molecule has 1 N–H and O–H groups in total. The van der Waals surface area contributed by atoms with Crippen LogP contribution in [-0.2, 0) is 13.1 Å². The maximum Gasteiger partial charge on any atom is 0.118 e. The number of furan rings is 1. The van der Waals surface area contributed by atoms with Gasteiger partial charge in [0.2, 0.25) is 0 Å². The van der Waals surface area contributed by atoms with Crippen LogP contribution in [0.4, 0.5) is 0 Å². The van der Waals surface area contributed by atoms with Crippen molar-refractivity contribution < 1.29 is 4.42 Å². The first-order valence-corrected chi connectivity index (χ1v) is 7.93. The Kier molecular flexibility index (Phi) is 6.07. The number of rotatable bonds is 8. The highest BCUT2D eigenvalue weighted by Crippen LogP contribution is 2.18. The molecule has 0 aliphatic carbocycles. The van der Waals surface area contributed by atoms with Gasteiger partial charge in [-0.1, -0.05) is 13.8 Å². The molecule has 0 spiro atoms. The molecule has 2 heterocycles. The summed E-state index contributed by atoms with van der Waals surface area (Å²) in [7, 11) is 2.19. The van der Waals surface area contributed by atoms with E-state index in [0.29, 0.717) is 0 Å². The van der Waals surface area contributed by atoms with Crippen molar-refractivity contribution in [3.05, 3.63) is 23.7 Å². The zero-order valence-electron chi connectivity index (χ0n) is 13.2. The summed E-state index contributed by atoms with van der Waals surface area (Å²) in [4.78, 5) is 4.98.